The van der Waals surface area contributed by atoms with Crippen molar-refractivity contribution < 1.29 is 13.2 Å². The molecule has 1 aliphatic carbocycles. The third kappa shape index (κ3) is 5.42. The molecule has 1 saturated carbocycles. The average molecular weight is 587 g/mol. The molecule has 2 atom stereocenters. The summed E-state index contributed by atoms with van der Waals surface area (Å²) >= 11 is 0. The SMILES string of the molecule is C.Cc1cc(C)c(C(=O)N2CCN(c3ccccc3S(N)(=O)=O)CC2)cc1NC1C2CN(c3ccccc3C#N)CC21. The highest BCUT2D eigenvalue weighted by atomic mass is 32.2. The van der Waals surface area contributed by atoms with Crippen molar-refractivity contribution in [3.8, 4) is 6.07 Å². The Kier molecular flexibility index (Phi) is 7.92. The molecule has 2 unspecified atom stereocenters. The third-order valence-corrected chi connectivity index (χ3v) is 9.72. The summed E-state index contributed by atoms with van der Waals surface area (Å²) in [7, 11) is -3.85. The number of sulfonamides is 1. The van der Waals surface area contributed by atoms with Gasteiger partial charge in [0.15, 0.2) is 0 Å². The number of nitriles is 1. The minimum Gasteiger partial charge on any atom is -0.381 e. The summed E-state index contributed by atoms with van der Waals surface area (Å²) in [4.78, 5) is 19.9. The molecule has 2 heterocycles. The van der Waals surface area contributed by atoms with Crippen LogP contribution in [0.5, 0.6) is 0 Å². The second kappa shape index (κ2) is 11.3. The first-order chi connectivity index (χ1) is 19.7. The molecule has 0 bridgehead atoms. The highest BCUT2D eigenvalue weighted by molar-refractivity contribution is 7.89. The van der Waals surface area contributed by atoms with Crippen LogP contribution in [0.3, 0.4) is 0 Å². The minimum absolute atomic E-state index is 0. The van der Waals surface area contributed by atoms with E-state index in [1.807, 2.05) is 47.1 Å². The van der Waals surface area contributed by atoms with Crippen LogP contribution in [-0.4, -0.2) is 64.5 Å². The van der Waals surface area contributed by atoms with Gasteiger partial charge >= 0.3 is 0 Å². The van der Waals surface area contributed by atoms with Crippen molar-refractivity contribution in [2.75, 3.05) is 54.4 Å². The van der Waals surface area contributed by atoms with Crippen molar-refractivity contribution in [3.05, 3.63) is 82.9 Å². The van der Waals surface area contributed by atoms with Gasteiger partial charge in [-0.25, -0.2) is 13.6 Å². The van der Waals surface area contributed by atoms with Crippen LogP contribution < -0.4 is 20.3 Å². The van der Waals surface area contributed by atoms with Gasteiger partial charge < -0.3 is 20.0 Å². The molecule has 2 aliphatic heterocycles. The predicted molar refractivity (Wildman–Crippen MR) is 166 cm³/mol. The summed E-state index contributed by atoms with van der Waals surface area (Å²) < 4.78 is 24.1. The van der Waals surface area contributed by atoms with Crippen molar-refractivity contribution >= 4 is 33.0 Å². The number of hydrogen-bond donors (Lipinski definition) is 2. The highest BCUT2D eigenvalue weighted by Crippen LogP contribution is 2.49. The molecule has 0 spiro atoms. The molecular weight excluding hydrogens is 548 g/mol. The third-order valence-electron chi connectivity index (χ3n) is 8.76. The first-order valence-corrected chi connectivity index (χ1v) is 15.5. The average Bonchev–Trinajstić information content (AvgIpc) is 3.39. The van der Waals surface area contributed by atoms with Crippen LogP contribution in [0.4, 0.5) is 17.1 Å². The van der Waals surface area contributed by atoms with Crippen LogP contribution in [0.2, 0.25) is 0 Å². The summed E-state index contributed by atoms with van der Waals surface area (Å²) in [5.74, 6) is 1.00. The second-order valence-corrected chi connectivity index (χ2v) is 12.8. The number of carbonyl (C=O) groups is 1. The lowest BCUT2D eigenvalue weighted by atomic mass is 10.0. The molecule has 3 aromatic rings. The number of hydrogen-bond acceptors (Lipinski definition) is 7. The number of piperidine rings is 1. The van der Waals surface area contributed by atoms with E-state index in [9.17, 15) is 18.5 Å². The van der Waals surface area contributed by atoms with E-state index in [2.05, 4.69) is 29.3 Å². The number of amides is 1. The molecule has 3 N–H and O–H groups in total. The van der Waals surface area contributed by atoms with Gasteiger partial charge in [-0.3, -0.25) is 4.79 Å². The van der Waals surface area contributed by atoms with Gasteiger partial charge in [-0.2, -0.15) is 5.26 Å². The number of anilines is 3. The number of carbonyl (C=O) groups excluding carboxylic acids is 1. The van der Waals surface area contributed by atoms with Crippen LogP contribution in [0.1, 0.15) is 34.5 Å². The number of primary sulfonamides is 1. The maximum Gasteiger partial charge on any atom is 0.254 e. The highest BCUT2D eigenvalue weighted by Gasteiger charge is 2.56. The number of fused-ring (bicyclic) bond motifs is 1. The van der Waals surface area contributed by atoms with Crippen molar-refractivity contribution in [3.63, 3.8) is 0 Å². The van der Waals surface area contributed by atoms with Crippen molar-refractivity contribution in [2.24, 2.45) is 17.0 Å². The van der Waals surface area contributed by atoms with Crippen LogP contribution in [0, 0.1) is 37.0 Å². The van der Waals surface area contributed by atoms with E-state index >= 15 is 0 Å². The molecule has 0 aromatic heterocycles. The topological polar surface area (TPSA) is 123 Å². The molecule has 3 aromatic carbocycles. The van der Waals surface area contributed by atoms with Crippen LogP contribution in [0.15, 0.2) is 65.6 Å². The summed E-state index contributed by atoms with van der Waals surface area (Å²) in [6.07, 6.45) is 0. The number of aryl methyl sites for hydroxylation is 2. The van der Waals surface area contributed by atoms with Gasteiger partial charge in [-0.05, 0) is 55.3 Å². The summed E-state index contributed by atoms with van der Waals surface area (Å²) in [6.45, 7) is 7.88. The first-order valence-electron chi connectivity index (χ1n) is 13.9. The van der Waals surface area contributed by atoms with E-state index in [1.54, 1.807) is 18.2 Å². The Morgan fingerprint density at radius 2 is 1.52 bits per heavy atom. The van der Waals surface area contributed by atoms with Crippen LogP contribution >= 0.6 is 0 Å². The quantitative estimate of drug-likeness (QED) is 0.448. The fraction of sp³-hybridized carbons (Fsp3) is 0.375. The Hall–Kier alpha value is -4.07. The molecule has 0 radical (unpaired) electrons. The fourth-order valence-corrected chi connectivity index (χ4v) is 7.24. The van der Waals surface area contributed by atoms with Crippen molar-refractivity contribution in [2.45, 2.75) is 32.2 Å². The van der Waals surface area contributed by atoms with Crippen LogP contribution in [0.25, 0.3) is 0 Å². The van der Waals surface area contributed by atoms with Gasteiger partial charge in [0, 0.05) is 68.4 Å². The Labute approximate surface area is 248 Å². The predicted octanol–water partition coefficient (Wildman–Crippen LogP) is 3.97. The maximum atomic E-state index is 13.6. The zero-order valence-corrected chi connectivity index (χ0v) is 24.1. The molecule has 1 amide bonds. The smallest absolute Gasteiger partial charge is 0.254 e. The van der Waals surface area contributed by atoms with Gasteiger partial charge in [0.05, 0.1) is 16.9 Å². The lowest BCUT2D eigenvalue weighted by Gasteiger charge is -2.37. The van der Waals surface area contributed by atoms with E-state index < -0.39 is 10.0 Å². The molecule has 9 nitrogen and oxygen atoms in total. The van der Waals surface area contributed by atoms with E-state index in [0.717, 1.165) is 35.6 Å². The van der Waals surface area contributed by atoms with Crippen molar-refractivity contribution in [1.29, 1.82) is 5.26 Å². The molecule has 42 heavy (non-hydrogen) atoms. The minimum atomic E-state index is -3.85. The number of nitrogens with zero attached hydrogens (tertiary/aromatic N) is 4. The number of benzene rings is 3. The van der Waals surface area contributed by atoms with E-state index in [0.29, 0.717) is 60.9 Å². The number of nitrogens with two attached hydrogens (primary N) is 1. The standard InChI is InChI=1S/C31H34N6O3S.CH4/c1-20-15-21(2)26(34-30-24-18-37(19-25(24)30)27-8-4-3-7-22(27)17-32)16-23(20)31(38)36-13-11-35(12-14-36)28-9-5-6-10-29(28)41(33,39)40;/h3-10,15-16,24-25,30,34H,11-14,18-19H2,1-2H3,(H2,33,39,40);1H4. The molecule has 6 rings (SSSR count). The Morgan fingerprint density at radius 3 is 2.17 bits per heavy atom. The maximum absolute atomic E-state index is 13.6. The molecule has 2 saturated heterocycles. The molecular formula is C32H38N6O3S. The second-order valence-electron chi connectivity index (χ2n) is 11.3. The van der Waals surface area contributed by atoms with E-state index in [1.165, 1.54) is 6.07 Å². The van der Waals surface area contributed by atoms with Gasteiger partial charge in [0.1, 0.15) is 11.0 Å². The van der Waals surface area contributed by atoms with Gasteiger partial charge in [0.2, 0.25) is 10.0 Å². The lowest BCUT2D eigenvalue weighted by molar-refractivity contribution is 0.0746. The van der Waals surface area contributed by atoms with Crippen molar-refractivity contribution in [1.82, 2.24) is 4.90 Å². The van der Waals surface area contributed by atoms with Gasteiger partial charge in [0.25, 0.3) is 5.91 Å². The van der Waals surface area contributed by atoms with E-state index in [-0.39, 0.29) is 18.2 Å². The number of nitrogens with one attached hydrogen (secondary N) is 1. The fourth-order valence-electron chi connectivity index (χ4n) is 6.48. The number of piperazine rings is 1. The van der Waals surface area contributed by atoms with Crippen LogP contribution in [-0.2, 0) is 10.0 Å². The number of para-hydroxylation sites is 2. The summed E-state index contributed by atoms with van der Waals surface area (Å²) in [6, 6.07) is 21.2. The Bertz CT molecular complexity index is 1650. The summed E-state index contributed by atoms with van der Waals surface area (Å²) in [5, 5.41) is 18.6. The van der Waals surface area contributed by atoms with Gasteiger partial charge in [-0.15, -0.1) is 0 Å². The summed E-state index contributed by atoms with van der Waals surface area (Å²) in [5.41, 5.74) is 6.02. The number of rotatable bonds is 6. The first kappa shape index (κ1) is 29.4. The Balaban J connectivity index is 0.00000353. The largest absolute Gasteiger partial charge is 0.381 e. The molecule has 3 fully saturated rings. The van der Waals surface area contributed by atoms with Gasteiger partial charge in [-0.1, -0.05) is 37.8 Å². The molecule has 10 heteroatoms. The Morgan fingerprint density at radius 1 is 0.905 bits per heavy atom. The zero-order chi connectivity index (χ0) is 28.9. The molecule has 220 valence electrons. The monoisotopic (exact) mass is 586 g/mol. The lowest BCUT2D eigenvalue weighted by Crippen LogP contribution is -2.49. The zero-order valence-electron chi connectivity index (χ0n) is 23.2. The normalized spacial score (nSPS) is 21.3. The molecule has 3 aliphatic rings. The van der Waals surface area contributed by atoms with E-state index in [4.69, 9.17) is 5.14 Å².